The van der Waals surface area contributed by atoms with E-state index in [1.807, 2.05) is 25.1 Å². The second-order valence-electron chi connectivity index (χ2n) is 5.52. The Morgan fingerprint density at radius 2 is 1.76 bits per heavy atom. The largest absolute Gasteiger partial charge is 0.352 e. The monoisotopic (exact) mass is 340 g/mol. The lowest BCUT2D eigenvalue weighted by molar-refractivity contribution is 0.509. The van der Waals surface area contributed by atoms with Gasteiger partial charge in [0.05, 0.1) is 0 Å². The van der Waals surface area contributed by atoms with Crippen LogP contribution in [0.4, 0.5) is 26.1 Å². The molecule has 6 heteroatoms. The molecule has 0 atom stereocenters. The molecule has 1 heterocycles. The van der Waals surface area contributed by atoms with Crippen LogP contribution in [0.2, 0.25) is 0 Å². The molecule has 0 spiro atoms. The number of aromatic nitrogens is 2. The zero-order valence-electron chi connectivity index (χ0n) is 13.8. The van der Waals surface area contributed by atoms with E-state index in [0.717, 1.165) is 31.0 Å². The van der Waals surface area contributed by atoms with Gasteiger partial charge in [0.15, 0.2) is 11.6 Å². The Morgan fingerprint density at radius 1 is 0.960 bits per heavy atom. The number of anilines is 3. The molecule has 0 aliphatic carbocycles. The molecule has 1 aromatic heterocycles. The van der Waals surface area contributed by atoms with Gasteiger partial charge in [-0.15, -0.1) is 0 Å². The first-order valence-electron chi connectivity index (χ1n) is 7.98. The van der Waals surface area contributed by atoms with E-state index in [-0.39, 0.29) is 0 Å². The van der Waals surface area contributed by atoms with Gasteiger partial charge in [-0.25, -0.2) is 18.7 Å². The molecule has 0 radical (unpaired) electrons. The summed E-state index contributed by atoms with van der Waals surface area (Å²) >= 11 is 0. The predicted octanol–water partition coefficient (Wildman–Crippen LogP) is 4.52. The maximum absolute atomic E-state index is 13.3. The molecule has 3 aromatic rings. The molecule has 0 saturated carbocycles. The molecule has 0 aliphatic rings. The van der Waals surface area contributed by atoms with Crippen molar-refractivity contribution in [2.75, 3.05) is 16.8 Å². The van der Waals surface area contributed by atoms with Gasteiger partial charge in [0, 0.05) is 30.9 Å². The van der Waals surface area contributed by atoms with Crippen molar-refractivity contribution in [1.82, 2.24) is 9.97 Å². The van der Waals surface area contributed by atoms with Gasteiger partial charge < -0.3 is 10.2 Å². The zero-order chi connectivity index (χ0) is 17.6. The van der Waals surface area contributed by atoms with Crippen LogP contribution >= 0.6 is 0 Å². The fourth-order valence-corrected chi connectivity index (χ4v) is 2.47. The maximum Gasteiger partial charge on any atom is 0.160 e. The topological polar surface area (TPSA) is 41.0 Å². The highest BCUT2D eigenvalue weighted by atomic mass is 19.2. The lowest BCUT2D eigenvalue weighted by atomic mass is 10.2. The second-order valence-corrected chi connectivity index (χ2v) is 5.52. The van der Waals surface area contributed by atoms with Gasteiger partial charge in [0.2, 0.25) is 0 Å². The van der Waals surface area contributed by atoms with E-state index in [0.29, 0.717) is 11.5 Å². The number of nitrogens with one attached hydrogen (secondary N) is 1. The molecule has 0 amide bonds. The Bertz CT molecular complexity index is 840. The van der Waals surface area contributed by atoms with E-state index in [1.165, 1.54) is 18.0 Å². The summed E-state index contributed by atoms with van der Waals surface area (Å²) in [5.74, 6) is -0.513. The summed E-state index contributed by atoms with van der Waals surface area (Å²) < 4.78 is 26.4. The number of rotatable bonds is 6. The first kappa shape index (κ1) is 16.8. The Hall–Kier alpha value is -3.02. The van der Waals surface area contributed by atoms with E-state index < -0.39 is 11.6 Å². The third-order valence-electron chi connectivity index (χ3n) is 3.77. The van der Waals surface area contributed by atoms with Gasteiger partial charge in [-0.3, -0.25) is 0 Å². The molecule has 25 heavy (non-hydrogen) atoms. The van der Waals surface area contributed by atoms with Crippen molar-refractivity contribution in [2.24, 2.45) is 0 Å². The first-order chi connectivity index (χ1) is 12.2. The lowest BCUT2D eigenvalue weighted by Gasteiger charge is -2.22. The van der Waals surface area contributed by atoms with E-state index in [2.05, 4.69) is 32.3 Å². The number of benzene rings is 2. The smallest absolute Gasteiger partial charge is 0.160 e. The number of nitrogens with zero attached hydrogens (tertiary/aromatic N) is 3. The van der Waals surface area contributed by atoms with Gasteiger partial charge in [-0.2, -0.15) is 0 Å². The van der Waals surface area contributed by atoms with E-state index in [9.17, 15) is 8.78 Å². The molecule has 0 bridgehead atoms. The number of hydrogen-bond donors (Lipinski definition) is 1. The Morgan fingerprint density at radius 3 is 2.48 bits per heavy atom. The molecule has 3 rings (SSSR count). The van der Waals surface area contributed by atoms with Gasteiger partial charge in [0.25, 0.3) is 0 Å². The quantitative estimate of drug-likeness (QED) is 0.716. The summed E-state index contributed by atoms with van der Waals surface area (Å²) in [5, 5.41) is 2.97. The normalized spacial score (nSPS) is 10.5. The van der Waals surface area contributed by atoms with Crippen molar-refractivity contribution >= 4 is 17.3 Å². The molecule has 0 aliphatic heterocycles. The van der Waals surface area contributed by atoms with Crippen molar-refractivity contribution in [3.63, 3.8) is 0 Å². The first-order valence-corrected chi connectivity index (χ1v) is 7.98. The number of hydrogen-bond acceptors (Lipinski definition) is 4. The van der Waals surface area contributed by atoms with Gasteiger partial charge >= 0.3 is 0 Å². The second kappa shape index (κ2) is 7.70. The van der Waals surface area contributed by atoms with Crippen LogP contribution in [0.1, 0.15) is 12.5 Å². The van der Waals surface area contributed by atoms with Crippen LogP contribution in [0.25, 0.3) is 0 Å². The molecule has 2 aromatic carbocycles. The average molecular weight is 340 g/mol. The minimum Gasteiger partial charge on any atom is -0.352 e. The minimum atomic E-state index is -0.904. The molecule has 0 saturated heterocycles. The standard InChI is InChI=1S/C19H18F2N4/c1-2-25(12-14-6-4-3-5-7-14)19-11-18(22-13-23-19)24-15-8-9-16(20)17(21)10-15/h3-11,13H,2,12H2,1H3,(H,22,23,24). The van der Waals surface area contributed by atoms with Crippen molar-refractivity contribution in [1.29, 1.82) is 0 Å². The molecule has 128 valence electrons. The van der Waals surface area contributed by atoms with Crippen molar-refractivity contribution in [3.05, 3.63) is 78.1 Å². The number of halogens is 2. The van der Waals surface area contributed by atoms with Gasteiger partial charge in [-0.1, -0.05) is 30.3 Å². The molecular formula is C19H18F2N4. The third-order valence-corrected chi connectivity index (χ3v) is 3.77. The van der Waals surface area contributed by atoms with Crippen molar-refractivity contribution in [3.8, 4) is 0 Å². The molecule has 0 unspecified atom stereocenters. The maximum atomic E-state index is 13.3. The highest BCUT2D eigenvalue weighted by Gasteiger charge is 2.09. The highest BCUT2D eigenvalue weighted by molar-refractivity contribution is 5.59. The summed E-state index contributed by atoms with van der Waals surface area (Å²) in [7, 11) is 0. The summed E-state index contributed by atoms with van der Waals surface area (Å²) in [6, 6.07) is 15.5. The van der Waals surface area contributed by atoms with E-state index >= 15 is 0 Å². The van der Waals surface area contributed by atoms with Crippen LogP contribution < -0.4 is 10.2 Å². The van der Waals surface area contributed by atoms with Gasteiger partial charge in [0.1, 0.15) is 18.0 Å². The van der Waals surface area contributed by atoms with Crippen LogP contribution in [0, 0.1) is 11.6 Å². The van der Waals surface area contributed by atoms with Crippen LogP contribution in [0.5, 0.6) is 0 Å². The van der Waals surface area contributed by atoms with Crippen molar-refractivity contribution in [2.45, 2.75) is 13.5 Å². The summed E-state index contributed by atoms with van der Waals surface area (Å²) in [5.41, 5.74) is 1.60. The SMILES string of the molecule is CCN(Cc1ccccc1)c1cc(Nc2ccc(F)c(F)c2)ncn1. The third kappa shape index (κ3) is 4.29. The summed E-state index contributed by atoms with van der Waals surface area (Å²) in [6.45, 7) is 3.54. The van der Waals surface area contributed by atoms with Gasteiger partial charge in [-0.05, 0) is 24.6 Å². The Balaban J connectivity index is 1.78. The predicted molar refractivity (Wildman–Crippen MR) is 94.8 cm³/mol. The average Bonchev–Trinajstić information content (AvgIpc) is 2.64. The molecule has 4 nitrogen and oxygen atoms in total. The zero-order valence-corrected chi connectivity index (χ0v) is 13.8. The fraction of sp³-hybridized carbons (Fsp3) is 0.158. The summed E-state index contributed by atoms with van der Waals surface area (Å²) in [4.78, 5) is 10.6. The van der Waals surface area contributed by atoms with E-state index in [1.54, 1.807) is 6.07 Å². The summed E-state index contributed by atoms with van der Waals surface area (Å²) in [6.07, 6.45) is 1.45. The van der Waals surface area contributed by atoms with Crippen LogP contribution in [0.3, 0.4) is 0 Å². The molecular weight excluding hydrogens is 322 g/mol. The highest BCUT2D eigenvalue weighted by Crippen LogP contribution is 2.21. The fourth-order valence-electron chi connectivity index (χ4n) is 2.47. The molecule has 1 N–H and O–H groups in total. The van der Waals surface area contributed by atoms with Crippen molar-refractivity contribution < 1.29 is 8.78 Å². The minimum absolute atomic E-state index is 0.426. The Labute approximate surface area is 145 Å². The van der Waals surface area contributed by atoms with Crippen LogP contribution in [-0.4, -0.2) is 16.5 Å². The van der Waals surface area contributed by atoms with Crippen LogP contribution in [-0.2, 0) is 6.54 Å². The Kier molecular flexibility index (Phi) is 5.18. The van der Waals surface area contributed by atoms with Crippen LogP contribution in [0.15, 0.2) is 60.9 Å². The molecule has 0 fully saturated rings. The lowest BCUT2D eigenvalue weighted by Crippen LogP contribution is -2.23. The van der Waals surface area contributed by atoms with E-state index in [4.69, 9.17) is 0 Å².